The van der Waals surface area contributed by atoms with E-state index < -0.39 is 6.36 Å². The molecule has 1 amide bonds. The summed E-state index contributed by atoms with van der Waals surface area (Å²) in [5.41, 5.74) is 5.69. The Morgan fingerprint density at radius 2 is 1.78 bits per heavy atom. The number of carbonyl (C=O) groups excluding carboxylic acids is 1. The summed E-state index contributed by atoms with van der Waals surface area (Å²) in [5.74, 6) is -0.521. The van der Waals surface area contributed by atoms with Crippen molar-refractivity contribution in [1.82, 2.24) is 0 Å². The minimum atomic E-state index is -4.73. The molecule has 4 rings (SSSR count). The largest absolute Gasteiger partial charge is 0.573 e. The van der Waals surface area contributed by atoms with Gasteiger partial charge in [-0.25, -0.2) is 0 Å². The quantitative estimate of drug-likeness (QED) is 0.324. The lowest BCUT2D eigenvalue weighted by molar-refractivity contribution is -0.274. The summed E-state index contributed by atoms with van der Waals surface area (Å²) in [6, 6.07) is 9.39. The molecule has 11 heteroatoms. The van der Waals surface area contributed by atoms with Crippen molar-refractivity contribution in [3.05, 3.63) is 63.3 Å². The summed E-state index contributed by atoms with van der Waals surface area (Å²) in [4.78, 5) is 16.7. The van der Waals surface area contributed by atoms with Gasteiger partial charge in [0.25, 0.3) is 5.91 Å². The summed E-state index contributed by atoms with van der Waals surface area (Å²) >= 11 is 2.50. The fourth-order valence-electron chi connectivity index (χ4n) is 4.20. The zero-order chi connectivity index (χ0) is 25.9. The Kier molecular flexibility index (Phi) is 8.01. The van der Waals surface area contributed by atoms with Crippen LogP contribution in [0, 0.1) is 20.8 Å². The third kappa shape index (κ3) is 6.26. The number of amides is 1. The van der Waals surface area contributed by atoms with Crippen LogP contribution in [0.1, 0.15) is 26.4 Å². The molecule has 1 fully saturated rings. The van der Waals surface area contributed by atoms with Crippen molar-refractivity contribution < 1.29 is 27.4 Å². The molecule has 36 heavy (non-hydrogen) atoms. The van der Waals surface area contributed by atoms with Gasteiger partial charge in [0.1, 0.15) is 10.6 Å². The molecule has 1 saturated heterocycles. The average Bonchev–Trinajstić information content (AvgIpc) is 3.30. The summed E-state index contributed by atoms with van der Waals surface area (Å²) < 4.78 is 49.6. The minimum absolute atomic E-state index is 0.231. The number of morpholine rings is 1. The molecular weight excluding hydrogens is 511 g/mol. The highest BCUT2D eigenvalue weighted by Crippen LogP contribution is 2.36. The maximum atomic E-state index is 13.3. The zero-order valence-corrected chi connectivity index (χ0v) is 21.6. The number of aryl methyl sites for hydroxylation is 2. The van der Waals surface area contributed by atoms with Gasteiger partial charge >= 0.3 is 6.36 Å². The van der Waals surface area contributed by atoms with Gasteiger partial charge in [-0.15, -0.1) is 24.5 Å². The van der Waals surface area contributed by atoms with Gasteiger partial charge in [0.15, 0.2) is 0 Å². The van der Waals surface area contributed by atoms with E-state index in [9.17, 15) is 18.0 Å². The van der Waals surface area contributed by atoms with Crippen molar-refractivity contribution >= 4 is 46.3 Å². The second-order valence-electron chi connectivity index (χ2n) is 8.30. The molecule has 0 unspecified atom stereocenters. The molecule has 1 aromatic heterocycles. The molecule has 6 nitrogen and oxygen atoms in total. The SMILES string of the molecule is Cc1cc(C)c(N2CCOCC2)c(C)c1NC(=O)c1sccc1NSc1ccc(OC(F)(F)F)cc1. The molecule has 0 spiro atoms. The van der Waals surface area contributed by atoms with Crippen LogP contribution in [0.15, 0.2) is 46.7 Å². The van der Waals surface area contributed by atoms with Crippen LogP contribution in [0.25, 0.3) is 0 Å². The van der Waals surface area contributed by atoms with Crippen molar-refractivity contribution in [3.63, 3.8) is 0 Å². The van der Waals surface area contributed by atoms with E-state index in [0.717, 1.165) is 41.2 Å². The highest BCUT2D eigenvalue weighted by molar-refractivity contribution is 8.00. The maximum absolute atomic E-state index is 13.3. The third-order valence-corrected chi connectivity index (χ3v) is 7.45. The van der Waals surface area contributed by atoms with E-state index >= 15 is 0 Å². The van der Waals surface area contributed by atoms with E-state index in [0.29, 0.717) is 28.7 Å². The highest BCUT2D eigenvalue weighted by Gasteiger charge is 2.31. The van der Waals surface area contributed by atoms with Gasteiger partial charge in [-0.2, -0.15) is 0 Å². The van der Waals surface area contributed by atoms with Gasteiger partial charge in [-0.05, 0) is 85.1 Å². The molecule has 0 atom stereocenters. The molecule has 0 bridgehead atoms. The van der Waals surface area contributed by atoms with Gasteiger partial charge < -0.3 is 24.4 Å². The number of hydrogen-bond acceptors (Lipinski definition) is 7. The monoisotopic (exact) mass is 537 g/mol. The number of ether oxygens (including phenoxy) is 2. The van der Waals surface area contributed by atoms with Crippen LogP contribution in [0.3, 0.4) is 0 Å². The number of thiophene rings is 1. The molecule has 0 aliphatic carbocycles. The lowest BCUT2D eigenvalue weighted by Crippen LogP contribution is -2.37. The summed E-state index contributed by atoms with van der Waals surface area (Å²) in [6.07, 6.45) is -4.73. The number of benzene rings is 2. The third-order valence-electron chi connectivity index (χ3n) is 5.70. The highest BCUT2D eigenvalue weighted by atomic mass is 32.2. The van der Waals surface area contributed by atoms with E-state index in [1.54, 1.807) is 6.07 Å². The molecule has 2 heterocycles. The lowest BCUT2D eigenvalue weighted by atomic mass is 10.0. The number of carbonyl (C=O) groups is 1. The second-order valence-corrected chi connectivity index (χ2v) is 10.1. The minimum Gasteiger partial charge on any atom is -0.406 e. The van der Waals surface area contributed by atoms with Crippen LogP contribution in [0.4, 0.5) is 30.2 Å². The van der Waals surface area contributed by atoms with Gasteiger partial charge in [0.05, 0.1) is 18.9 Å². The van der Waals surface area contributed by atoms with E-state index in [2.05, 4.69) is 32.7 Å². The zero-order valence-electron chi connectivity index (χ0n) is 20.0. The number of anilines is 3. The first kappa shape index (κ1) is 26.2. The first-order valence-corrected chi connectivity index (χ1v) is 12.9. The molecule has 1 aliphatic heterocycles. The summed E-state index contributed by atoms with van der Waals surface area (Å²) in [7, 11) is 0. The van der Waals surface area contributed by atoms with Crippen LogP contribution >= 0.6 is 23.3 Å². The Balaban J connectivity index is 1.46. The number of nitrogens with zero attached hydrogens (tertiary/aromatic N) is 1. The number of halogens is 3. The summed E-state index contributed by atoms with van der Waals surface area (Å²) in [5, 5.41) is 4.91. The van der Waals surface area contributed by atoms with Crippen LogP contribution < -0.4 is 19.7 Å². The summed E-state index contributed by atoms with van der Waals surface area (Å²) in [6.45, 7) is 9.04. The predicted molar refractivity (Wildman–Crippen MR) is 139 cm³/mol. The average molecular weight is 538 g/mol. The standard InChI is InChI=1S/C25H26F3N3O3S2/c1-15-14-16(2)22(31-9-11-33-12-10-31)17(3)21(15)29-24(32)23-20(8-13-35-23)30-36-19-6-4-18(5-7-19)34-25(26,27)28/h4-8,13-14,30H,9-12H2,1-3H3,(H,29,32). The molecular formula is C25H26F3N3O3S2. The lowest BCUT2D eigenvalue weighted by Gasteiger charge is -2.32. The Hall–Kier alpha value is -2.89. The van der Waals surface area contributed by atoms with Gasteiger partial charge in [-0.1, -0.05) is 6.07 Å². The van der Waals surface area contributed by atoms with Crippen molar-refractivity contribution in [3.8, 4) is 5.75 Å². The molecule has 2 N–H and O–H groups in total. The van der Waals surface area contributed by atoms with E-state index in [1.807, 2.05) is 19.2 Å². The maximum Gasteiger partial charge on any atom is 0.573 e. The first-order chi connectivity index (χ1) is 17.1. The smallest absolute Gasteiger partial charge is 0.406 e. The number of rotatable bonds is 7. The van der Waals surface area contributed by atoms with Crippen molar-refractivity contribution in [2.75, 3.05) is 41.2 Å². The topological polar surface area (TPSA) is 62.8 Å². The van der Waals surface area contributed by atoms with Crippen LogP contribution in [0.2, 0.25) is 0 Å². The van der Waals surface area contributed by atoms with Gasteiger partial charge in [0.2, 0.25) is 0 Å². The Bertz CT molecular complexity index is 1220. The van der Waals surface area contributed by atoms with Gasteiger partial charge in [0, 0.05) is 29.4 Å². The van der Waals surface area contributed by atoms with E-state index in [-0.39, 0.29) is 11.7 Å². The molecule has 2 aromatic carbocycles. The van der Waals surface area contributed by atoms with Crippen LogP contribution in [-0.2, 0) is 4.74 Å². The van der Waals surface area contributed by atoms with Crippen molar-refractivity contribution in [2.45, 2.75) is 32.0 Å². The van der Waals surface area contributed by atoms with E-state index in [4.69, 9.17) is 4.74 Å². The molecule has 0 saturated carbocycles. The Morgan fingerprint density at radius 1 is 1.08 bits per heavy atom. The normalized spacial score (nSPS) is 14.0. The van der Waals surface area contributed by atoms with Crippen LogP contribution in [-0.4, -0.2) is 38.6 Å². The van der Waals surface area contributed by atoms with Crippen molar-refractivity contribution in [2.24, 2.45) is 0 Å². The van der Waals surface area contributed by atoms with Gasteiger partial charge in [-0.3, -0.25) is 4.79 Å². The molecule has 0 radical (unpaired) electrons. The van der Waals surface area contributed by atoms with E-state index in [1.165, 1.54) is 47.6 Å². The fourth-order valence-corrected chi connectivity index (χ4v) is 5.68. The predicted octanol–water partition coefficient (Wildman–Crippen LogP) is 6.78. The number of hydrogen-bond donors (Lipinski definition) is 2. The fraction of sp³-hybridized carbons (Fsp3) is 0.320. The second kappa shape index (κ2) is 11.0. The Labute approximate surface area is 215 Å². The van der Waals surface area contributed by atoms with Crippen molar-refractivity contribution in [1.29, 1.82) is 0 Å². The molecule has 1 aliphatic rings. The first-order valence-electron chi connectivity index (χ1n) is 11.2. The number of alkyl halides is 3. The molecule has 3 aromatic rings. The molecule has 192 valence electrons. The van der Waals surface area contributed by atoms with Crippen LogP contribution in [0.5, 0.6) is 5.75 Å². The number of nitrogens with one attached hydrogen (secondary N) is 2. The Morgan fingerprint density at radius 3 is 2.44 bits per heavy atom.